The summed E-state index contributed by atoms with van der Waals surface area (Å²) >= 11 is 0. The van der Waals surface area contributed by atoms with Crippen LogP contribution in [-0.4, -0.2) is 49.1 Å². The first-order valence-electron chi connectivity index (χ1n) is 8.99. The van der Waals surface area contributed by atoms with Gasteiger partial charge in [0.25, 0.3) is 0 Å². The molecule has 27 heavy (non-hydrogen) atoms. The zero-order chi connectivity index (χ0) is 18.2. The SMILES string of the molecule is Cl.N#CC(C#N)=C1NCCN1CCNCc1ccc(CN2CC=CCC2)o1. The summed E-state index contributed by atoms with van der Waals surface area (Å²) in [5, 5.41) is 24.5. The molecule has 1 saturated heterocycles. The molecular weight excluding hydrogens is 364 g/mol. The van der Waals surface area contributed by atoms with E-state index in [9.17, 15) is 0 Å². The maximum atomic E-state index is 9.01. The molecule has 3 rings (SSSR count). The van der Waals surface area contributed by atoms with E-state index in [4.69, 9.17) is 14.9 Å². The molecule has 2 N–H and O–H groups in total. The average molecular weight is 389 g/mol. The first kappa shape index (κ1) is 20.9. The van der Waals surface area contributed by atoms with Crippen molar-refractivity contribution in [3.05, 3.63) is 47.2 Å². The Morgan fingerprint density at radius 2 is 2.00 bits per heavy atom. The number of hydrogen-bond donors (Lipinski definition) is 2. The Balaban J connectivity index is 0.00000261. The van der Waals surface area contributed by atoms with Crippen molar-refractivity contribution in [3.8, 4) is 12.1 Å². The number of nitrogens with one attached hydrogen (secondary N) is 2. The second-order valence-corrected chi connectivity index (χ2v) is 6.40. The fourth-order valence-electron chi connectivity index (χ4n) is 3.22. The highest BCUT2D eigenvalue weighted by Gasteiger charge is 2.20. The Morgan fingerprint density at radius 1 is 1.19 bits per heavy atom. The minimum atomic E-state index is 0. The molecule has 0 unspecified atom stereocenters. The first-order chi connectivity index (χ1) is 12.8. The molecular formula is C19H25ClN6O. The van der Waals surface area contributed by atoms with Gasteiger partial charge in [-0.15, -0.1) is 12.4 Å². The normalized spacial score (nSPS) is 16.4. The molecule has 0 spiro atoms. The van der Waals surface area contributed by atoms with Gasteiger partial charge in [0.1, 0.15) is 29.5 Å². The summed E-state index contributed by atoms with van der Waals surface area (Å²) in [7, 11) is 0. The van der Waals surface area contributed by atoms with Crippen LogP contribution in [0, 0.1) is 22.7 Å². The van der Waals surface area contributed by atoms with Gasteiger partial charge in [-0.2, -0.15) is 10.5 Å². The molecule has 2 aliphatic heterocycles. The van der Waals surface area contributed by atoms with Gasteiger partial charge in [-0.25, -0.2) is 0 Å². The smallest absolute Gasteiger partial charge is 0.169 e. The van der Waals surface area contributed by atoms with Crippen molar-refractivity contribution in [1.29, 1.82) is 10.5 Å². The molecule has 144 valence electrons. The van der Waals surface area contributed by atoms with Crippen molar-refractivity contribution in [2.24, 2.45) is 0 Å². The zero-order valence-electron chi connectivity index (χ0n) is 15.3. The van der Waals surface area contributed by atoms with E-state index in [1.54, 1.807) is 0 Å². The Bertz CT molecular complexity index is 741. The van der Waals surface area contributed by atoms with E-state index in [2.05, 4.69) is 27.7 Å². The number of hydrogen-bond acceptors (Lipinski definition) is 7. The molecule has 0 aromatic carbocycles. The monoisotopic (exact) mass is 388 g/mol. The first-order valence-corrected chi connectivity index (χ1v) is 8.99. The van der Waals surface area contributed by atoms with Crippen LogP contribution in [0.15, 0.2) is 40.1 Å². The van der Waals surface area contributed by atoms with Crippen molar-refractivity contribution in [2.75, 3.05) is 39.3 Å². The molecule has 1 aromatic rings. The molecule has 0 amide bonds. The Hall–Kier alpha value is -2.45. The molecule has 0 atom stereocenters. The Morgan fingerprint density at radius 3 is 2.74 bits per heavy atom. The molecule has 2 aliphatic rings. The van der Waals surface area contributed by atoms with Gasteiger partial charge in [-0.1, -0.05) is 12.2 Å². The van der Waals surface area contributed by atoms with Crippen LogP contribution in [0.4, 0.5) is 0 Å². The molecule has 1 aromatic heterocycles. The molecule has 1 fully saturated rings. The average Bonchev–Trinajstić information content (AvgIpc) is 3.31. The van der Waals surface area contributed by atoms with Gasteiger partial charge in [0, 0.05) is 39.3 Å². The zero-order valence-corrected chi connectivity index (χ0v) is 16.1. The van der Waals surface area contributed by atoms with E-state index < -0.39 is 0 Å². The lowest BCUT2D eigenvalue weighted by molar-refractivity contribution is 0.261. The number of rotatable bonds is 7. The van der Waals surface area contributed by atoms with E-state index in [1.165, 1.54) is 0 Å². The summed E-state index contributed by atoms with van der Waals surface area (Å²) in [6.45, 7) is 6.64. The summed E-state index contributed by atoms with van der Waals surface area (Å²) in [6.07, 6.45) is 5.53. The maximum absolute atomic E-state index is 9.01. The van der Waals surface area contributed by atoms with Gasteiger partial charge < -0.3 is 20.0 Å². The summed E-state index contributed by atoms with van der Waals surface area (Å²) in [4.78, 5) is 4.40. The molecule has 0 aliphatic carbocycles. The number of nitrogens with zero attached hydrogens (tertiary/aromatic N) is 4. The second-order valence-electron chi connectivity index (χ2n) is 6.40. The quantitative estimate of drug-likeness (QED) is 0.417. The largest absolute Gasteiger partial charge is 0.463 e. The third-order valence-electron chi connectivity index (χ3n) is 4.55. The lowest BCUT2D eigenvalue weighted by atomic mass is 10.2. The standard InChI is InChI=1S/C19H24N6O.ClH/c20-12-16(13-21)19-23-7-11-25(19)10-6-22-14-17-4-5-18(26-17)15-24-8-2-1-3-9-24;/h1-2,4-5,22-23H,3,6-11,14-15H2;1H. The maximum Gasteiger partial charge on any atom is 0.169 e. The highest BCUT2D eigenvalue weighted by Crippen LogP contribution is 2.13. The molecule has 7 nitrogen and oxygen atoms in total. The van der Waals surface area contributed by atoms with Crippen molar-refractivity contribution in [2.45, 2.75) is 19.5 Å². The van der Waals surface area contributed by atoms with Crippen molar-refractivity contribution in [3.63, 3.8) is 0 Å². The fourth-order valence-corrected chi connectivity index (χ4v) is 3.22. The van der Waals surface area contributed by atoms with Crippen LogP contribution in [0.3, 0.4) is 0 Å². The second kappa shape index (κ2) is 10.6. The minimum Gasteiger partial charge on any atom is -0.463 e. The molecule has 3 heterocycles. The summed E-state index contributed by atoms with van der Waals surface area (Å²) in [5.41, 5.74) is 0.144. The van der Waals surface area contributed by atoms with Gasteiger partial charge >= 0.3 is 0 Å². The predicted molar refractivity (Wildman–Crippen MR) is 105 cm³/mol. The van der Waals surface area contributed by atoms with Crippen LogP contribution >= 0.6 is 12.4 Å². The highest BCUT2D eigenvalue weighted by molar-refractivity contribution is 5.85. The van der Waals surface area contributed by atoms with Crippen LogP contribution in [0.25, 0.3) is 0 Å². The van der Waals surface area contributed by atoms with Crippen molar-refractivity contribution >= 4 is 12.4 Å². The topological polar surface area (TPSA) is 91.3 Å². The van der Waals surface area contributed by atoms with Gasteiger partial charge in [-0.05, 0) is 18.6 Å². The van der Waals surface area contributed by atoms with Gasteiger partial charge in [-0.3, -0.25) is 4.90 Å². The summed E-state index contributed by atoms with van der Waals surface area (Å²) < 4.78 is 5.90. The Labute approximate surface area is 166 Å². The number of nitriles is 2. The van der Waals surface area contributed by atoms with Gasteiger partial charge in [0.15, 0.2) is 5.57 Å². The molecule has 0 radical (unpaired) electrons. The van der Waals surface area contributed by atoms with Crippen LogP contribution in [0.5, 0.6) is 0 Å². The molecule has 0 bridgehead atoms. The number of furan rings is 1. The number of allylic oxidation sites excluding steroid dienone is 1. The van der Waals surface area contributed by atoms with Crippen molar-refractivity contribution in [1.82, 2.24) is 20.4 Å². The Kier molecular flexibility index (Phi) is 8.22. The van der Waals surface area contributed by atoms with E-state index in [0.717, 1.165) is 63.8 Å². The van der Waals surface area contributed by atoms with Crippen molar-refractivity contribution < 1.29 is 4.42 Å². The van der Waals surface area contributed by atoms with Crippen LogP contribution in [0.2, 0.25) is 0 Å². The number of halogens is 1. The predicted octanol–water partition coefficient (Wildman–Crippen LogP) is 1.72. The minimum absolute atomic E-state index is 0. The van der Waals surface area contributed by atoms with Crippen LogP contribution in [-0.2, 0) is 13.1 Å². The van der Waals surface area contributed by atoms with E-state index >= 15 is 0 Å². The van der Waals surface area contributed by atoms with E-state index in [-0.39, 0.29) is 18.0 Å². The molecule has 8 heteroatoms. The van der Waals surface area contributed by atoms with Gasteiger partial charge in [0.2, 0.25) is 0 Å². The lowest BCUT2D eigenvalue weighted by Crippen LogP contribution is -2.30. The van der Waals surface area contributed by atoms with Crippen LogP contribution < -0.4 is 10.6 Å². The molecule has 0 saturated carbocycles. The van der Waals surface area contributed by atoms with Crippen LogP contribution in [0.1, 0.15) is 17.9 Å². The lowest BCUT2D eigenvalue weighted by Gasteiger charge is -2.21. The van der Waals surface area contributed by atoms with E-state index in [1.807, 2.05) is 29.2 Å². The van der Waals surface area contributed by atoms with E-state index in [0.29, 0.717) is 12.4 Å². The third-order valence-corrected chi connectivity index (χ3v) is 4.55. The summed E-state index contributed by atoms with van der Waals surface area (Å²) in [6, 6.07) is 7.96. The third kappa shape index (κ3) is 5.77. The fraction of sp³-hybridized carbons (Fsp3) is 0.474. The summed E-state index contributed by atoms with van der Waals surface area (Å²) in [5.74, 6) is 2.57. The highest BCUT2D eigenvalue weighted by atomic mass is 35.5. The van der Waals surface area contributed by atoms with Gasteiger partial charge in [0.05, 0.1) is 13.1 Å².